The molecule has 1 atom stereocenters. The Bertz CT molecular complexity index is 435. The third-order valence-electron chi connectivity index (χ3n) is 3.98. The molecule has 110 valence electrons. The van der Waals surface area contributed by atoms with E-state index in [2.05, 4.69) is 41.4 Å². The normalized spacial score (nSPS) is 16.2. The van der Waals surface area contributed by atoms with Gasteiger partial charge < -0.3 is 10.2 Å². The summed E-state index contributed by atoms with van der Waals surface area (Å²) in [6.45, 7) is 3.73. The summed E-state index contributed by atoms with van der Waals surface area (Å²) in [5.41, 5.74) is 2.60. The van der Waals surface area contributed by atoms with Crippen LogP contribution in [0.4, 0.5) is 0 Å². The van der Waals surface area contributed by atoms with Crippen molar-refractivity contribution in [3.05, 3.63) is 35.4 Å². The molecule has 1 unspecified atom stereocenters. The van der Waals surface area contributed by atoms with E-state index in [1.165, 1.54) is 24.0 Å². The standard InChI is InChI=1S/C17H26N2O/c1-13-4-6-14(7-5-13)16(15-8-9-15)12-17(20)18-10-11-19(2)3/h4-7,15-16H,8-12H2,1-3H3,(H,18,20). The molecule has 2 rings (SSSR count). The molecule has 1 saturated carbocycles. The lowest BCUT2D eigenvalue weighted by atomic mass is 9.90. The number of nitrogens with one attached hydrogen (secondary N) is 1. The highest BCUT2D eigenvalue weighted by molar-refractivity contribution is 5.77. The predicted octanol–water partition coefficient (Wildman–Crippen LogP) is 2.56. The van der Waals surface area contributed by atoms with Crippen LogP contribution in [0.1, 0.15) is 36.3 Å². The summed E-state index contributed by atoms with van der Waals surface area (Å²) in [5, 5.41) is 3.03. The minimum atomic E-state index is 0.185. The van der Waals surface area contributed by atoms with Gasteiger partial charge in [0.25, 0.3) is 0 Å². The molecule has 20 heavy (non-hydrogen) atoms. The summed E-state index contributed by atoms with van der Waals surface area (Å²) in [6.07, 6.45) is 3.16. The first-order valence-electron chi connectivity index (χ1n) is 7.54. The van der Waals surface area contributed by atoms with Gasteiger partial charge >= 0.3 is 0 Å². The molecule has 1 aliphatic carbocycles. The Morgan fingerprint density at radius 2 is 1.95 bits per heavy atom. The second-order valence-corrected chi connectivity index (χ2v) is 6.21. The van der Waals surface area contributed by atoms with Gasteiger partial charge in [-0.1, -0.05) is 29.8 Å². The zero-order chi connectivity index (χ0) is 14.5. The van der Waals surface area contributed by atoms with Crippen molar-refractivity contribution in [2.75, 3.05) is 27.2 Å². The molecule has 1 aromatic rings. The number of carbonyl (C=O) groups is 1. The van der Waals surface area contributed by atoms with Crippen LogP contribution < -0.4 is 5.32 Å². The molecular formula is C17H26N2O. The van der Waals surface area contributed by atoms with Gasteiger partial charge in [-0.05, 0) is 51.3 Å². The Morgan fingerprint density at radius 3 is 2.50 bits per heavy atom. The first kappa shape index (κ1) is 15.0. The maximum Gasteiger partial charge on any atom is 0.220 e. The van der Waals surface area contributed by atoms with Crippen molar-refractivity contribution < 1.29 is 4.79 Å². The van der Waals surface area contributed by atoms with Crippen molar-refractivity contribution in [2.24, 2.45) is 5.92 Å². The number of aryl methyl sites for hydroxylation is 1. The molecule has 1 fully saturated rings. The topological polar surface area (TPSA) is 32.3 Å². The minimum Gasteiger partial charge on any atom is -0.355 e. The number of rotatable bonds is 7. The van der Waals surface area contributed by atoms with Crippen LogP contribution >= 0.6 is 0 Å². The quantitative estimate of drug-likeness (QED) is 0.829. The van der Waals surface area contributed by atoms with Gasteiger partial charge in [0.15, 0.2) is 0 Å². The lowest BCUT2D eigenvalue weighted by Crippen LogP contribution is -2.32. The molecule has 0 radical (unpaired) electrons. The fraction of sp³-hybridized carbons (Fsp3) is 0.588. The van der Waals surface area contributed by atoms with Gasteiger partial charge in [0.05, 0.1) is 0 Å². The van der Waals surface area contributed by atoms with E-state index in [4.69, 9.17) is 0 Å². The van der Waals surface area contributed by atoms with Crippen LogP contribution in [-0.4, -0.2) is 38.0 Å². The summed E-state index contributed by atoms with van der Waals surface area (Å²) < 4.78 is 0. The molecule has 1 N–H and O–H groups in total. The highest BCUT2D eigenvalue weighted by Gasteiger charge is 2.33. The van der Waals surface area contributed by atoms with Crippen molar-refractivity contribution in [3.63, 3.8) is 0 Å². The molecule has 0 aromatic heterocycles. The average Bonchev–Trinajstić information content (AvgIpc) is 3.21. The Morgan fingerprint density at radius 1 is 1.30 bits per heavy atom. The maximum absolute atomic E-state index is 12.1. The minimum absolute atomic E-state index is 0.185. The monoisotopic (exact) mass is 274 g/mol. The van der Waals surface area contributed by atoms with Crippen LogP contribution in [0.2, 0.25) is 0 Å². The van der Waals surface area contributed by atoms with Crippen LogP contribution in [0.5, 0.6) is 0 Å². The number of carbonyl (C=O) groups excluding carboxylic acids is 1. The first-order valence-corrected chi connectivity index (χ1v) is 7.54. The van der Waals surface area contributed by atoms with E-state index < -0.39 is 0 Å². The predicted molar refractivity (Wildman–Crippen MR) is 82.8 cm³/mol. The van der Waals surface area contributed by atoms with E-state index in [9.17, 15) is 4.79 Å². The summed E-state index contributed by atoms with van der Waals surface area (Å²) in [6, 6.07) is 8.67. The van der Waals surface area contributed by atoms with Crippen molar-refractivity contribution in [3.8, 4) is 0 Å². The Hall–Kier alpha value is -1.35. The number of hydrogen-bond acceptors (Lipinski definition) is 2. The summed E-state index contributed by atoms with van der Waals surface area (Å²) >= 11 is 0. The highest BCUT2D eigenvalue weighted by atomic mass is 16.1. The van der Waals surface area contributed by atoms with Crippen molar-refractivity contribution in [1.82, 2.24) is 10.2 Å². The van der Waals surface area contributed by atoms with Crippen molar-refractivity contribution in [2.45, 2.75) is 32.1 Å². The number of nitrogens with zero attached hydrogens (tertiary/aromatic N) is 1. The number of hydrogen-bond donors (Lipinski definition) is 1. The molecule has 0 saturated heterocycles. The lowest BCUT2D eigenvalue weighted by molar-refractivity contribution is -0.121. The van der Waals surface area contributed by atoms with Gasteiger partial charge in [-0.25, -0.2) is 0 Å². The first-order chi connectivity index (χ1) is 9.56. The zero-order valence-corrected chi connectivity index (χ0v) is 12.9. The molecular weight excluding hydrogens is 248 g/mol. The van der Waals surface area contributed by atoms with Crippen molar-refractivity contribution >= 4 is 5.91 Å². The smallest absolute Gasteiger partial charge is 0.220 e. The van der Waals surface area contributed by atoms with Crippen LogP contribution in [0.15, 0.2) is 24.3 Å². The van der Waals surface area contributed by atoms with Gasteiger partial charge in [-0.15, -0.1) is 0 Å². The van der Waals surface area contributed by atoms with Crippen LogP contribution in [0.25, 0.3) is 0 Å². The van der Waals surface area contributed by atoms with Crippen molar-refractivity contribution in [1.29, 1.82) is 0 Å². The fourth-order valence-corrected chi connectivity index (χ4v) is 2.56. The molecule has 0 bridgehead atoms. The van der Waals surface area contributed by atoms with Gasteiger partial charge in [0.2, 0.25) is 5.91 Å². The van der Waals surface area contributed by atoms with E-state index in [-0.39, 0.29) is 5.91 Å². The average molecular weight is 274 g/mol. The summed E-state index contributed by atoms with van der Waals surface area (Å²) in [5.74, 6) is 1.29. The molecule has 1 amide bonds. The zero-order valence-electron chi connectivity index (χ0n) is 12.9. The molecule has 0 heterocycles. The van der Waals surface area contributed by atoms with Crippen LogP contribution in [0.3, 0.4) is 0 Å². The largest absolute Gasteiger partial charge is 0.355 e. The van der Waals surface area contributed by atoms with E-state index in [0.29, 0.717) is 18.3 Å². The number of likely N-dealkylation sites (N-methyl/N-ethyl adjacent to an activating group) is 1. The molecule has 1 aromatic carbocycles. The third-order valence-corrected chi connectivity index (χ3v) is 3.98. The summed E-state index contributed by atoms with van der Waals surface area (Å²) in [7, 11) is 4.04. The molecule has 3 heteroatoms. The SMILES string of the molecule is Cc1ccc(C(CC(=O)NCCN(C)C)C2CC2)cc1. The van der Waals surface area contributed by atoms with Gasteiger partial charge in [0.1, 0.15) is 0 Å². The van der Waals surface area contributed by atoms with Gasteiger partial charge in [-0.2, -0.15) is 0 Å². The Kier molecular flexibility index (Phi) is 5.18. The summed E-state index contributed by atoms with van der Waals surface area (Å²) in [4.78, 5) is 14.2. The molecule has 1 aliphatic rings. The third kappa shape index (κ3) is 4.64. The van der Waals surface area contributed by atoms with Gasteiger partial charge in [-0.3, -0.25) is 4.79 Å². The van der Waals surface area contributed by atoms with Crippen LogP contribution in [-0.2, 0) is 4.79 Å². The van der Waals surface area contributed by atoms with E-state index in [0.717, 1.165) is 13.1 Å². The van der Waals surface area contributed by atoms with E-state index in [1.54, 1.807) is 0 Å². The Balaban J connectivity index is 1.89. The second-order valence-electron chi connectivity index (χ2n) is 6.21. The van der Waals surface area contributed by atoms with E-state index >= 15 is 0 Å². The van der Waals surface area contributed by atoms with Gasteiger partial charge in [0, 0.05) is 19.5 Å². The number of amides is 1. The fourth-order valence-electron chi connectivity index (χ4n) is 2.56. The number of benzene rings is 1. The lowest BCUT2D eigenvalue weighted by Gasteiger charge is -2.17. The highest BCUT2D eigenvalue weighted by Crippen LogP contribution is 2.44. The Labute approximate surface area is 122 Å². The van der Waals surface area contributed by atoms with E-state index in [1.807, 2.05) is 14.1 Å². The molecule has 0 aliphatic heterocycles. The molecule has 0 spiro atoms. The second kappa shape index (κ2) is 6.89. The maximum atomic E-state index is 12.1. The molecule has 3 nitrogen and oxygen atoms in total. The van der Waals surface area contributed by atoms with Crippen LogP contribution in [0, 0.1) is 12.8 Å².